The van der Waals surface area contributed by atoms with Gasteiger partial charge in [-0.3, -0.25) is 14.2 Å². The van der Waals surface area contributed by atoms with Crippen LogP contribution in [0.4, 0.5) is 0 Å². The molecule has 0 fully saturated rings. The Hall–Kier alpha value is -2.69. The van der Waals surface area contributed by atoms with Crippen LogP contribution < -0.4 is 10.0 Å². The van der Waals surface area contributed by atoms with E-state index in [0.717, 1.165) is 18.4 Å². The van der Waals surface area contributed by atoms with Gasteiger partial charge in [-0.2, -0.15) is 10.2 Å². The van der Waals surface area contributed by atoms with Crippen LogP contribution >= 0.6 is 11.6 Å². The average molecular weight is 479 g/mol. The first-order chi connectivity index (χ1) is 15.2. The Labute approximate surface area is 192 Å². The first-order valence-corrected chi connectivity index (χ1v) is 12.2. The zero-order valence-corrected chi connectivity index (χ0v) is 19.8. The van der Waals surface area contributed by atoms with Crippen LogP contribution in [0.2, 0.25) is 5.15 Å². The first-order valence-electron chi connectivity index (χ1n) is 10.3. The number of nitrogens with zero attached hydrogens (tertiary/aromatic N) is 4. The summed E-state index contributed by atoms with van der Waals surface area (Å²) in [6, 6.07) is 8.52. The number of carbonyl (C=O) groups is 1. The van der Waals surface area contributed by atoms with Gasteiger partial charge in [0.1, 0.15) is 10.0 Å². The Morgan fingerprint density at radius 1 is 1.25 bits per heavy atom. The standard InChI is InChI=1S/C21H27ClN6O3S/c1-4-5-11-28-20(22)19(15(2)26-28)21(29)25-18(16-9-7-6-8-10-16)13-24-32(30,31)17-12-23-27(3)14-17/h6-10,12,14,18,24H,4-5,11,13H2,1-3H3,(H,25,29). The summed E-state index contributed by atoms with van der Waals surface area (Å²) in [5, 5.41) is 11.5. The lowest BCUT2D eigenvalue weighted by Gasteiger charge is -2.20. The lowest BCUT2D eigenvalue weighted by molar-refractivity contribution is 0.0936. The Bertz CT molecular complexity index is 1170. The van der Waals surface area contributed by atoms with E-state index in [1.165, 1.54) is 17.1 Å². The molecule has 2 heterocycles. The van der Waals surface area contributed by atoms with Crippen molar-refractivity contribution >= 4 is 27.5 Å². The molecular formula is C21H27ClN6O3S. The topological polar surface area (TPSA) is 111 Å². The van der Waals surface area contributed by atoms with Gasteiger partial charge in [0.05, 0.1) is 23.5 Å². The molecule has 1 aromatic carbocycles. The largest absolute Gasteiger partial charge is 0.344 e. The van der Waals surface area contributed by atoms with Gasteiger partial charge in [0.25, 0.3) is 5.91 Å². The van der Waals surface area contributed by atoms with E-state index in [9.17, 15) is 13.2 Å². The van der Waals surface area contributed by atoms with Crippen LogP contribution in [0.15, 0.2) is 47.6 Å². The first kappa shape index (κ1) is 24.0. The summed E-state index contributed by atoms with van der Waals surface area (Å²) in [6.07, 6.45) is 4.55. The predicted octanol–water partition coefficient (Wildman–Crippen LogP) is 2.83. The summed E-state index contributed by atoms with van der Waals surface area (Å²) in [5.74, 6) is -0.412. The van der Waals surface area contributed by atoms with Crippen molar-refractivity contribution in [2.24, 2.45) is 7.05 Å². The molecule has 9 nitrogen and oxygen atoms in total. The van der Waals surface area contributed by atoms with E-state index in [1.54, 1.807) is 18.7 Å². The normalized spacial score (nSPS) is 12.6. The SMILES string of the molecule is CCCCn1nc(C)c(C(=O)NC(CNS(=O)(=O)c2cnn(C)c2)c2ccccc2)c1Cl. The predicted molar refractivity (Wildman–Crippen MR) is 122 cm³/mol. The monoisotopic (exact) mass is 478 g/mol. The summed E-state index contributed by atoms with van der Waals surface area (Å²) in [7, 11) is -2.15. The molecule has 2 N–H and O–H groups in total. The average Bonchev–Trinajstić information content (AvgIpc) is 3.33. The lowest BCUT2D eigenvalue weighted by Crippen LogP contribution is -2.38. The van der Waals surface area contributed by atoms with E-state index in [0.29, 0.717) is 17.8 Å². The van der Waals surface area contributed by atoms with Crippen LogP contribution in [0.25, 0.3) is 0 Å². The molecule has 1 unspecified atom stereocenters. The molecule has 0 saturated carbocycles. The van der Waals surface area contributed by atoms with Gasteiger partial charge in [-0.15, -0.1) is 0 Å². The number of hydrogen-bond donors (Lipinski definition) is 2. The molecule has 0 saturated heterocycles. The van der Waals surface area contributed by atoms with Gasteiger partial charge in [0, 0.05) is 26.3 Å². The fraction of sp³-hybridized carbons (Fsp3) is 0.381. The van der Waals surface area contributed by atoms with Crippen LogP contribution in [0.1, 0.15) is 47.4 Å². The molecule has 1 amide bonds. The van der Waals surface area contributed by atoms with Crippen molar-refractivity contribution in [1.82, 2.24) is 29.6 Å². The van der Waals surface area contributed by atoms with Crippen molar-refractivity contribution in [1.29, 1.82) is 0 Å². The summed E-state index contributed by atoms with van der Waals surface area (Å²) >= 11 is 6.44. The summed E-state index contributed by atoms with van der Waals surface area (Å²) < 4.78 is 30.9. The molecule has 2 aromatic heterocycles. The Kier molecular flexibility index (Phi) is 7.70. The molecule has 32 heavy (non-hydrogen) atoms. The molecule has 0 spiro atoms. The van der Waals surface area contributed by atoms with Crippen molar-refractivity contribution in [3.8, 4) is 0 Å². The Balaban J connectivity index is 1.81. The van der Waals surface area contributed by atoms with Gasteiger partial charge >= 0.3 is 0 Å². The molecule has 3 aromatic rings. The van der Waals surface area contributed by atoms with Gasteiger partial charge in [-0.05, 0) is 18.9 Å². The fourth-order valence-electron chi connectivity index (χ4n) is 3.25. The second-order valence-electron chi connectivity index (χ2n) is 7.47. The number of amides is 1. The highest BCUT2D eigenvalue weighted by molar-refractivity contribution is 7.89. The van der Waals surface area contributed by atoms with Crippen LogP contribution in [-0.4, -0.2) is 40.4 Å². The van der Waals surface area contributed by atoms with Gasteiger partial charge in [0.2, 0.25) is 10.0 Å². The van der Waals surface area contributed by atoms with Gasteiger partial charge < -0.3 is 5.32 Å². The number of aromatic nitrogens is 4. The number of carbonyl (C=O) groups excluding carboxylic acids is 1. The van der Waals surface area contributed by atoms with Crippen molar-refractivity contribution in [2.75, 3.05) is 6.54 Å². The third-order valence-corrected chi connectivity index (χ3v) is 6.75. The van der Waals surface area contributed by atoms with Crippen molar-refractivity contribution in [3.63, 3.8) is 0 Å². The van der Waals surface area contributed by atoms with Gasteiger partial charge in [0.15, 0.2) is 0 Å². The van der Waals surface area contributed by atoms with Crippen LogP contribution in [-0.2, 0) is 23.6 Å². The highest BCUT2D eigenvalue weighted by atomic mass is 35.5. The van der Waals surface area contributed by atoms with Crippen molar-refractivity contribution in [2.45, 2.75) is 44.2 Å². The van der Waals surface area contributed by atoms with E-state index in [1.807, 2.05) is 30.3 Å². The van der Waals surface area contributed by atoms with E-state index in [-0.39, 0.29) is 16.6 Å². The van der Waals surface area contributed by atoms with E-state index < -0.39 is 22.0 Å². The number of aryl methyl sites for hydroxylation is 3. The molecule has 3 rings (SSSR count). The third-order valence-electron chi connectivity index (χ3n) is 4.99. The minimum absolute atomic E-state index is 0.0480. The number of unbranched alkanes of at least 4 members (excludes halogenated alkanes) is 1. The molecule has 0 aliphatic carbocycles. The maximum atomic E-state index is 13.1. The van der Waals surface area contributed by atoms with Crippen molar-refractivity contribution < 1.29 is 13.2 Å². The smallest absolute Gasteiger partial charge is 0.256 e. The zero-order chi connectivity index (χ0) is 23.3. The van der Waals surface area contributed by atoms with E-state index in [2.05, 4.69) is 27.2 Å². The number of benzene rings is 1. The number of sulfonamides is 1. The molecule has 0 bridgehead atoms. The fourth-order valence-corrected chi connectivity index (χ4v) is 4.62. The molecular weight excluding hydrogens is 452 g/mol. The highest BCUT2D eigenvalue weighted by Gasteiger charge is 2.25. The molecule has 172 valence electrons. The maximum absolute atomic E-state index is 13.1. The summed E-state index contributed by atoms with van der Waals surface area (Å²) in [4.78, 5) is 13.2. The molecule has 0 aliphatic heterocycles. The molecule has 1 atom stereocenters. The Morgan fingerprint density at radius 2 is 1.97 bits per heavy atom. The molecule has 11 heteroatoms. The maximum Gasteiger partial charge on any atom is 0.256 e. The van der Waals surface area contributed by atoms with Gasteiger partial charge in [-0.25, -0.2) is 13.1 Å². The van der Waals surface area contributed by atoms with E-state index in [4.69, 9.17) is 11.6 Å². The second-order valence-corrected chi connectivity index (χ2v) is 9.59. The van der Waals surface area contributed by atoms with Crippen LogP contribution in [0.5, 0.6) is 0 Å². The summed E-state index contributed by atoms with van der Waals surface area (Å²) in [6.45, 7) is 4.37. The molecule has 0 aliphatic rings. The lowest BCUT2D eigenvalue weighted by atomic mass is 10.1. The number of rotatable bonds is 10. The zero-order valence-electron chi connectivity index (χ0n) is 18.2. The van der Waals surface area contributed by atoms with Crippen LogP contribution in [0, 0.1) is 6.92 Å². The number of nitrogens with one attached hydrogen (secondary N) is 2. The van der Waals surface area contributed by atoms with Gasteiger partial charge in [-0.1, -0.05) is 55.3 Å². The Morgan fingerprint density at radius 3 is 2.59 bits per heavy atom. The van der Waals surface area contributed by atoms with Crippen LogP contribution in [0.3, 0.4) is 0 Å². The van der Waals surface area contributed by atoms with E-state index >= 15 is 0 Å². The third kappa shape index (κ3) is 5.56. The highest BCUT2D eigenvalue weighted by Crippen LogP contribution is 2.22. The second kappa shape index (κ2) is 10.3. The number of hydrogen-bond acceptors (Lipinski definition) is 5. The minimum Gasteiger partial charge on any atom is -0.344 e. The summed E-state index contributed by atoms with van der Waals surface area (Å²) in [5.41, 5.74) is 1.56. The number of halogens is 1. The quantitative estimate of drug-likeness (QED) is 0.465. The van der Waals surface area contributed by atoms with Crippen molar-refractivity contribution in [3.05, 3.63) is 64.7 Å². The minimum atomic E-state index is -3.79. The molecule has 0 radical (unpaired) electrons.